The number of benzene rings is 3. The normalized spacial score (nSPS) is 22.8. The van der Waals surface area contributed by atoms with Gasteiger partial charge < -0.3 is 24.8 Å². The summed E-state index contributed by atoms with van der Waals surface area (Å²) in [6, 6.07) is 25.2. The van der Waals surface area contributed by atoms with Crippen molar-refractivity contribution in [3.8, 4) is 11.1 Å². The van der Waals surface area contributed by atoms with E-state index in [0.717, 1.165) is 59.4 Å². The van der Waals surface area contributed by atoms with Crippen molar-refractivity contribution in [2.45, 2.75) is 95.5 Å². The van der Waals surface area contributed by atoms with Gasteiger partial charge in [-0.05, 0) is 92.0 Å². The number of unbranched alkanes of at least 4 members (excludes halogenated alkanes) is 1. The molecule has 3 aromatic rings. The maximum atomic E-state index is 12.3. The SMILES string of the molecule is O=C(CCCCC(=O)NCc1cccc(-c2ccc([C@H]3O[C@@H](CN4CCC[C@H]4CN4CCCC4)C[C@@H](c4ccc(CO)cc4)O3)cc2)c1)NO. The van der Waals surface area contributed by atoms with Crippen LogP contribution in [0.1, 0.15) is 92.4 Å². The van der Waals surface area contributed by atoms with Crippen LogP contribution in [0.5, 0.6) is 0 Å². The Kier molecular flexibility index (Phi) is 13.0. The van der Waals surface area contributed by atoms with Crippen LogP contribution < -0.4 is 10.8 Å². The predicted molar refractivity (Wildman–Crippen MR) is 191 cm³/mol. The number of hydrogen-bond acceptors (Lipinski definition) is 8. The Bertz CT molecular complexity index is 1530. The molecule has 0 unspecified atom stereocenters. The van der Waals surface area contributed by atoms with E-state index in [-0.39, 0.29) is 31.1 Å². The molecule has 0 spiro atoms. The third-order valence-electron chi connectivity index (χ3n) is 10.3. The van der Waals surface area contributed by atoms with Crippen molar-refractivity contribution in [1.82, 2.24) is 20.6 Å². The van der Waals surface area contributed by atoms with E-state index in [1.807, 2.05) is 24.3 Å². The first kappa shape index (κ1) is 36.2. The third kappa shape index (κ3) is 9.99. The zero-order chi connectivity index (χ0) is 34.7. The zero-order valence-electron chi connectivity index (χ0n) is 29.0. The van der Waals surface area contributed by atoms with Gasteiger partial charge >= 0.3 is 0 Å². The largest absolute Gasteiger partial charge is 0.392 e. The molecular weight excluding hydrogens is 632 g/mol. The van der Waals surface area contributed by atoms with Crippen LogP contribution in [0.15, 0.2) is 72.8 Å². The highest BCUT2D eigenvalue weighted by Gasteiger charge is 2.36. The molecular formula is C40H52N4O6. The van der Waals surface area contributed by atoms with Gasteiger partial charge in [0.25, 0.3) is 0 Å². The van der Waals surface area contributed by atoms with Crippen LogP contribution in [-0.4, -0.2) is 76.8 Å². The minimum absolute atomic E-state index is 0.0203. The highest BCUT2D eigenvalue weighted by atomic mass is 16.7. The van der Waals surface area contributed by atoms with Crippen LogP contribution in [0.4, 0.5) is 0 Å². The van der Waals surface area contributed by atoms with E-state index in [2.05, 4.69) is 63.6 Å². The summed E-state index contributed by atoms with van der Waals surface area (Å²) >= 11 is 0. The van der Waals surface area contributed by atoms with E-state index in [4.69, 9.17) is 14.7 Å². The molecule has 3 fully saturated rings. The molecule has 10 nitrogen and oxygen atoms in total. The number of aliphatic hydroxyl groups is 1. The molecule has 0 bridgehead atoms. The summed E-state index contributed by atoms with van der Waals surface area (Å²) < 4.78 is 13.4. The molecule has 2 amide bonds. The third-order valence-corrected chi connectivity index (χ3v) is 10.3. The lowest BCUT2D eigenvalue weighted by atomic mass is 9.98. The molecule has 3 saturated heterocycles. The van der Waals surface area contributed by atoms with Crippen molar-refractivity contribution in [2.24, 2.45) is 0 Å². The van der Waals surface area contributed by atoms with Gasteiger partial charge in [-0.25, -0.2) is 5.48 Å². The quantitative estimate of drug-likeness (QED) is 0.0923. The molecule has 4 atom stereocenters. The highest BCUT2D eigenvalue weighted by Crippen LogP contribution is 2.39. The number of carbonyl (C=O) groups is 2. The van der Waals surface area contributed by atoms with Gasteiger partial charge in [-0.2, -0.15) is 0 Å². The van der Waals surface area contributed by atoms with E-state index >= 15 is 0 Å². The number of ether oxygens (including phenoxy) is 2. The van der Waals surface area contributed by atoms with Gasteiger partial charge in [-0.3, -0.25) is 19.7 Å². The van der Waals surface area contributed by atoms with E-state index in [9.17, 15) is 14.7 Å². The van der Waals surface area contributed by atoms with Crippen LogP contribution in [0, 0.1) is 0 Å². The molecule has 0 radical (unpaired) electrons. The monoisotopic (exact) mass is 684 g/mol. The number of nitrogens with zero attached hydrogens (tertiary/aromatic N) is 2. The molecule has 10 heteroatoms. The van der Waals surface area contributed by atoms with E-state index in [1.165, 1.54) is 38.8 Å². The fraction of sp³-hybridized carbons (Fsp3) is 0.500. The van der Waals surface area contributed by atoms with Crippen LogP contribution >= 0.6 is 0 Å². The molecule has 4 N–H and O–H groups in total. The smallest absolute Gasteiger partial charge is 0.243 e. The summed E-state index contributed by atoms with van der Waals surface area (Å²) in [5.74, 6) is -0.504. The second-order valence-corrected chi connectivity index (χ2v) is 14.0. The van der Waals surface area contributed by atoms with E-state index < -0.39 is 12.2 Å². The number of rotatable bonds is 15. The molecule has 0 aliphatic carbocycles. The molecule has 268 valence electrons. The summed E-state index contributed by atoms with van der Waals surface area (Å²) in [6.07, 6.45) is 6.96. The fourth-order valence-corrected chi connectivity index (χ4v) is 7.51. The Labute approximate surface area is 295 Å². The average Bonchev–Trinajstić information content (AvgIpc) is 3.85. The van der Waals surface area contributed by atoms with Crippen LogP contribution in [0.25, 0.3) is 11.1 Å². The van der Waals surface area contributed by atoms with Crippen molar-refractivity contribution in [3.63, 3.8) is 0 Å². The molecule has 3 aliphatic heterocycles. The summed E-state index contributed by atoms with van der Waals surface area (Å²) in [7, 11) is 0. The molecule has 0 aromatic heterocycles. The van der Waals surface area contributed by atoms with Crippen molar-refractivity contribution in [3.05, 3.63) is 95.1 Å². The average molecular weight is 685 g/mol. The lowest BCUT2D eigenvalue weighted by Gasteiger charge is -2.39. The second kappa shape index (κ2) is 18.0. The number of aliphatic hydroxyl groups excluding tert-OH is 1. The lowest BCUT2D eigenvalue weighted by Crippen LogP contribution is -2.45. The summed E-state index contributed by atoms with van der Waals surface area (Å²) in [4.78, 5) is 28.7. The molecule has 50 heavy (non-hydrogen) atoms. The predicted octanol–water partition coefficient (Wildman–Crippen LogP) is 5.63. The van der Waals surface area contributed by atoms with Crippen molar-refractivity contribution in [2.75, 3.05) is 32.7 Å². The summed E-state index contributed by atoms with van der Waals surface area (Å²) in [5.41, 5.74) is 7.70. The molecule has 0 saturated carbocycles. The number of amides is 2. The first-order chi connectivity index (χ1) is 24.5. The molecule has 3 aromatic carbocycles. The van der Waals surface area contributed by atoms with Crippen LogP contribution in [0.3, 0.4) is 0 Å². The lowest BCUT2D eigenvalue weighted by molar-refractivity contribution is -0.253. The van der Waals surface area contributed by atoms with Gasteiger partial charge in [-0.15, -0.1) is 0 Å². The summed E-state index contributed by atoms with van der Waals surface area (Å²) in [5, 5.41) is 21.1. The van der Waals surface area contributed by atoms with Gasteiger partial charge in [0.2, 0.25) is 11.8 Å². The van der Waals surface area contributed by atoms with Crippen molar-refractivity contribution >= 4 is 11.8 Å². The van der Waals surface area contributed by atoms with Gasteiger partial charge in [0.05, 0.1) is 18.8 Å². The first-order valence-corrected chi connectivity index (χ1v) is 18.3. The topological polar surface area (TPSA) is 124 Å². The number of hydroxylamine groups is 1. The number of carbonyl (C=O) groups excluding carboxylic acids is 2. The van der Waals surface area contributed by atoms with Crippen LogP contribution in [-0.2, 0) is 32.2 Å². The van der Waals surface area contributed by atoms with Crippen molar-refractivity contribution < 1.29 is 29.4 Å². The Morgan fingerprint density at radius 3 is 2.26 bits per heavy atom. The molecule has 6 rings (SSSR count). The Balaban J connectivity index is 1.10. The molecule has 3 heterocycles. The first-order valence-electron chi connectivity index (χ1n) is 18.3. The van der Waals surface area contributed by atoms with Gasteiger partial charge in [0.1, 0.15) is 0 Å². The minimum atomic E-state index is -0.496. The van der Waals surface area contributed by atoms with Crippen molar-refractivity contribution in [1.29, 1.82) is 0 Å². The standard InChI is InChI=1S/C40H52N4O6/c45-28-29-12-14-32(15-13-29)37-24-36(27-44-22-6-9-35(44)26-43-20-3-4-21-43)49-40(50-37)33-18-16-31(17-19-33)34-8-5-7-30(23-34)25-41-38(46)10-1-2-11-39(47)42-48/h5,7-8,12-19,23,35-37,40,45,48H,1-4,6,9-11,20-22,24-28H2,(H,41,46)(H,42,47)/t35-,36+,37-,40-/m0/s1. The Morgan fingerprint density at radius 2 is 1.52 bits per heavy atom. The minimum Gasteiger partial charge on any atom is -0.392 e. The molecule has 3 aliphatic rings. The maximum Gasteiger partial charge on any atom is 0.243 e. The van der Waals surface area contributed by atoms with Gasteiger partial charge in [0, 0.05) is 50.5 Å². The Morgan fingerprint density at radius 1 is 0.780 bits per heavy atom. The number of likely N-dealkylation sites (tertiary alicyclic amines) is 2. The van der Waals surface area contributed by atoms with E-state index in [0.29, 0.717) is 31.8 Å². The fourth-order valence-electron chi connectivity index (χ4n) is 7.51. The van der Waals surface area contributed by atoms with Gasteiger partial charge in [-0.1, -0.05) is 66.7 Å². The zero-order valence-corrected chi connectivity index (χ0v) is 29.0. The van der Waals surface area contributed by atoms with Crippen LogP contribution in [0.2, 0.25) is 0 Å². The summed E-state index contributed by atoms with van der Waals surface area (Å²) in [6.45, 7) is 6.05. The number of hydrogen-bond donors (Lipinski definition) is 4. The van der Waals surface area contributed by atoms with E-state index in [1.54, 1.807) is 5.48 Å². The Hall–Kier alpha value is -3.64. The van der Waals surface area contributed by atoms with Gasteiger partial charge in [0.15, 0.2) is 6.29 Å². The maximum absolute atomic E-state index is 12.3. The highest BCUT2D eigenvalue weighted by molar-refractivity contribution is 5.76. The second-order valence-electron chi connectivity index (χ2n) is 14.0. The number of nitrogens with one attached hydrogen (secondary N) is 2.